The van der Waals surface area contributed by atoms with Gasteiger partial charge in [-0.2, -0.15) is 0 Å². The van der Waals surface area contributed by atoms with Crippen molar-refractivity contribution in [2.45, 2.75) is 19.4 Å². The fourth-order valence-electron chi connectivity index (χ4n) is 1.72. The lowest BCUT2D eigenvalue weighted by atomic mass is 10.2. The number of pyridine rings is 1. The summed E-state index contributed by atoms with van der Waals surface area (Å²) in [6.07, 6.45) is 1.55. The van der Waals surface area contributed by atoms with Gasteiger partial charge in [-0.25, -0.2) is 0 Å². The van der Waals surface area contributed by atoms with Gasteiger partial charge in [-0.05, 0) is 24.6 Å². The summed E-state index contributed by atoms with van der Waals surface area (Å²) in [6.45, 7) is 0.599. The zero-order chi connectivity index (χ0) is 13.5. The highest BCUT2D eigenvalue weighted by atomic mass is 35.5. The molecule has 1 aromatic carbocycles. The van der Waals surface area contributed by atoms with Crippen LogP contribution in [0.3, 0.4) is 0 Å². The molecule has 2 aromatic rings. The molecule has 3 heteroatoms. The first-order valence-corrected chi connectivity index (χ1v) is 6.54. The van der Waals surface area contributed by atoms with E-state index in [0.29, 0.717) is 11.7 Å². The lowest BCUT2D eigenvalue weighted by molar-refractivity contribution is 0.634. The average molecular weight is 272 g/mol. The maximum absolute atomic E-state index is 11.6. The van der Waals surface area contributed by atoms with E-state index in [1.165, 1.54) is 6.07 Å². The first-order chi connectivity index (χ1) is 9.27. The van der Waals surface area contributed by atoms with E-state index in [-0.39, 0.29) is 5.56 Å². The van der Waals surface area contributed by atoms with Gasteiger partial charge in [0.1, 0.15) is 5.15 Å². The Labute approximate surface area is 117 Å². The number of unbranched alkanes of at least 4 members (excludes halogenated alkanes) is 1. The van der Waals surface area contributed by atoms with Crippen LogP contribution in [0, 0.1) is 11.8 Å². The molecule has 0 bridgehead atoms. The molecule has 1 aromatic heterocycles. The molecule has 0 saturated heterocycles. The molecule has 0 aliphatic heterocycles. The predicted octanol–water partition coefficient (Wildman–Crippen LogP) is 3.33. The van der Waals surface area contributed by atoms with Crippen LogP contribution in [0.15, 0.2) is 53.3 Å². The topological polar surface area (TPSA) is 22.0 Å². The third kappa shape index (κ3) is 4.01. The number of benzene rings is 1. The number of nitrogens with zero attached hydrogens (tertiary/aromatic N) is 1. The molecule has 0 atom stereocenters. The molecule has 1 heterocycles. The Hall–Kier alpha value is -1.98. The van der Waals surface area contributed by atoms with Gasteiger partial charge in [0.2, 0.25) is 0 Å². The summed E-state index contributed by atoms with van der Waals surface area (Å²) in [5.41, 5.74) is 0.945. The summed E-state index contributed by atoms with van der Waals surface area (Å²) in [5.74, 6) is 6.19. The Morgan fingerprint density at radius 2 is 1.84 bits per heavy atom. The highest BCUT2D eigenvalue weighted by molar-refractivity contribution is 6.29. The van der Waals surface area contributed by atoms with Gasteiger partial charge in [-0.1, -0.05) is 47.7 Å². The molecular weight excluding hydrogens is 258 g/mol. The van der Waals surface area contributed by atoms with E-state index in [1.807, 2.05) is 30.3 Å². The zero-order valence-corrected chi connectivity index (χ0v) is 11.2. The minimum absolute atomic E-state index is 0.0662. The molecule has 2 nitrogen and oxygen atoms in total. The van der Waals surface area contributed by atoms with Gasteiger partial charge in [0.05, 0.1) is 0 Å². The van der Waals surface area contributed by atoms with Crippen LogP contribution in [-0.2, 0) is 6.54 Å². The molecule has 0 amide bonds. The summed E-state index contributed by atoms with van der Waals surface area (Å²) in [6, 6.07) is 14.8. The first kappa shape index (κ1) is 13.5. The van der Waals surface area contributed by atoms with Gasteiger partial charge < -0.3 is 0 Å². The van der Waals surface area contributed by atoms with Crippen molar-refractivity contribution in [2.75, 3.05) is 0 Å². The Bertz CT molecular complexity index is 650. The van der Waals surface area contributed by atoms with Crippen molar-refractivity contribution in [1.29, 1.82) is 0 Å². The molecule has 0 N–H and O–H groups in total. The van der Waals surface area contributed by atoms with Gasteiger partial charge in [-0.3, -0.25) is 9.36 Å². The minimum atomic E-state index is -0.0662. The van der Waals surface area contributed by atoms with Gasteiger partial charge in [0, 0.05) is 24.6 Å². The second-order valence-electron chi connectivity index (χ2n) is 4.11. The molecule has 2 rings (SSSR count). The largest absolute Gasteiger partial charge is 0.299 e. The van der Waals surface area contributed by atoms with E-state index in [9.17, 15) is 4.79 Å². The quantitative estimate of drug-likeness (QED) is 0.477. The molecule has 0 fully saturated rings. The van der Waals surface area contributed by atoms with E-state index < -0.39 is 0 Å². The van der Waals surface area contributed by atoms with Crippen LogP contribution >= 0.6 is 11.6 Å². The van der Waals surface area contributed by atoms with Crippen LogP contribution in [0.25, 0.3) is 0 Å². The summed E-state index contributed by atoms with van der Waals surface area (Å²) in [5, 5.41) is 0.475. The van der Waals surface area contributed by atoms with Gasteiger partial charge in [0.25, 0.3) is 5.56 Å². The molecule has 96 valence electrons. The van der Waals surface area contributed by atoms with Crippen LogP contribution in [-0.4, -0.2) is 4.57 Å². The first-order valence-electron chi connectivity index (χ1n) is 6.16. The molecule has 0 radical (unpaired) electrons. The molecule has 0 unspecified atom stereocenters. The Balaban J connectivity index is 1.88. The number of hydrogen-bond acceptors (Lipinski definition) is 1. The highest BCUT2D eigenvalue weighted by Crippen LogP contribution is 2.05. The fourth-order valence-corrected chi connectivity index (χ4v) is 1.96. The molecular formula is C16H14ClNO. The Morgan fingerprint density at radius 3 is 2.58 bits per heavy atom. The lowest BCUT2D eigenvalue weighted by Gasteiger charge is -2.05. The second kappa shape index (κ2) is 6.82. The van der Waals surface area contributed by atoms with Crippen molar-refractivity contribution < 1.29 is 0 Å². The third-order valence-corrected chi connectivity index (χ3v) is 3.02. The summed E-state index contributed by atoms with van der Waals surface area (Å²) >= 11 is 5.97. The van der Waals surface area contributed by atoms with E-state index in [0.717, 1.165) is 18.4 Å². The summed E-state index contributed by atoms with van der Waals surface area (Å²) < 4.78 is 1.56. The maximum Gasteiger partial charge on any atom is 0.251 e. The molecule has 0 aliphatic carbocycles. The lowest BCUT2D eigenvalue weighted by Crippen LogP contribution is -2.19. The van der Waals surface area contributed by atoms with Crippen molar-refractivity contribution in [3.05, 3.63) is 69.6 Å². The third-order valence-electron chi connectivity index (χ3n) is 2.69. The molecule has 0 spiro atoms. The van der Waals surface area contributed by atoms with Gasteiger partial charge in [0.15, 0.2) is 0 Å². The minimum Gasteiger partial charge on any atom is -0.299 e. The summed E-state index contributed by atoms with van der Waals surface area (Å²) in [7, 11) is 0. The van der Waals surface area contributed by atoms with Crippen LogP contribution in [0.5, 0.6) is 0 Å². The average Bonchev–Trinajstić information content (AvgIpc) is 2.42. The summed E-state index contributed by atoms with van der Waals surface area (Å²) in [4.78, 5) is 11.6. The molecule has 0 saturated carbocycles. The van der Waals surface area contributed by atoms with Crippen LogP contribution in [0.4, 0.5) is 0 Å². The van der Waals surface area contributed by atoms with Crippen molar-refractivity contribution in [3.63, 3.8) is 0 Å². The Kier molecular flexibility index (Phi) is 4.83. The van der Waals surface area contributed by atoms with E-state index in [2.05, 4.69) is 11.8 Å². The second-order valence-corrected chi connectivity index (χ2v) is 4.50. The normalized spacial score (nSPS) is 9.74. The maximum atomic E-state index is 11.6. The predicted molar refractivity (Wildman–Crippen MR) is 78.3 cm³/mol. The number of aromatic nitrogens is 1. The van der Waals surface area contributed by atoms with Gasteiger partial charge in [-0.15, -0.1) is 0 Å². The van der Waals surface area contributed by atoms with Crippen molar-refractivity contribution in [3.8, 4) is 11.8 Å². The molecule has 19 heavy (non-hydrogen) atoms. The van der Waals surface area contributed by atoms with Crippen LogP contribution < -0.4 is 5.56 Å². The van der Waals surface area contributed by atoms with Crippen LogP contribution in [0.1, 0.15) is 18.4 Å². The van der Waals surface area contributed by atoms with Gasteiger partial charge >= 0.3 is 0 Å². The zero-order valence-electron chi connectivity index (χ0n) is 10.5. The standard InChI is InChI=1S/C16H14ClNO/c17-15-11-7-12-16(19)18(15)13-6-2-5-10-14-8-3-1-4-9-14/h1,3-4,7-9,11-12H,2,6,13H2. The van der Waals surface area contributed by atoms with Crippen molar-refractivity contribution in [1.82, 2.24) is 4.57 Å². The highest BCUT2D eigenvalue weighted by Gasteiger charge is 1.99. The number of halogens is 1. The van der Waals surface area contributed by atoms with E-state index in [4.69, 9.17) is 11.6 Å². The van der Waals surface area contributed by atoms with E-state index >= 15 is 0 Å². The smallest absolute Gasteiger partial charge is 0.251 e. The fraction of sp³-hybridized carbons (Fsp3) is 0.188. The monoisotopic (exact) mass is 271 g/mol. The number of hydrogen-bond donors (Lipinski definition) is 0. The van der Waals surface area contributed by atoms with Crippen molar-refractivity contribution in [2.24, 2.45) is 0 Å². The molecule has 0 aliphatic rings. The van der Waals surface area contributed by atoms with E-state index in [1.54, 1.807) is 16.7 Å². The van der Waals surface area contributed by atoms with Crippen molar-refractivity contribution >= 4 is 11.6 Å². The Morgan fingerprint density at radius 1 is 1.05 bits per heavy atom. The SMILES string of the molecule is O=c1cccc(Cl)n1CCCC#Cc1ccccc1. The van der Waals surface area contributed by atoms with Crippen LogP contribution in [0.2, 0.25) is 5.15 Å². The number of rotatable bonds is 3.